The van der Waals surface area contributed by atoms with Crippen molar-refractivity contribution < 1.29 is 14.3 Å². The van der Waals surface area contributed by atoms with Gasteiger partial charge in [-0.05, 0) is 39.5 Å². The lowest BCUT2D eigenvalue weighted by molar-refractivity contribution is 0.0379. The van der Waals surface area contributed by atoms with Gasteiger partial charge in [-0.15, -0.1) is 0 Å². The first-order valence-electron chi connectivity index (χ1n) is 7.06. The summed E-state index contributed by atoms with van der Waals surface area (Å²) in [5.74, 6) is 0.565. The van der Waals surface area contributed by atoms with Crippen LogP contribution in [0, 0.1) is 5.92 Å². The highest BCUT2D eigenvalue weighted by atomic mass is 16.5. The van der Waals surface area contributed by atoms with Crippen LogP contribution in [0.5, 0.6) is 0 Å². The van der Waals surface area contributed by atoms with E-state index in [9.17, 15) is 4.79 Å². The maximum Gasteiger partial charge on any atom is 0.317 e. The van der Waals surface area contributed by atoms with Gasteiger partial charge in [-0.2, -0.15) is 0 Å². The third kappa shape index (κ3) is 6.78. The molecule has 1 fully saturated rings. The van der Waals surface area contributed by atoms with Crippen molar-refractivity contribution >= 4 is 6.03 Å². The van der Waals surface area contributed by atoms with Gasteiger partial charge in [0.2, 0.25) is 0 Å². The first-order valence-corrected chi connectivity index (χ1v) is 7.06. The molecule has 1 aliphatic rings. The number of carbonyl (C=O) groups excluding carboxylic acids is 1. The van der Waals surface area contributed by atoms with Gasteiger partial charge < -0.3 is 19.7 Å². The number of urea groups is 1. The number of methoxy groups -OCH3 is 1. The Morgan fingerprint density at radius 2 is 1.89 bits per heavy atom. The fourth-order valence-corrected chi connectivity index (χ4v) is 2.09. The molecule has 0 atom stereocenters. The highest BCUT2D eigenvalue weighted by Gasteiger charge is 2.25. The molecule has 0 unspecified atom stereocenters. The second-order valence-electron chi connectivity index (χ2n) is 6.18. The minimum atomic E-state index is -0.169. The largest absolute Gasteiger partial charge is 0.382 e. The van der Waals surface area contributed by atoms with Gasteiger partial charge in [0.1, 0.15) is 0 Å². The molecule has 112 valence electrons. The van der Waals surface area contributed by atoms with Gasteiger partial charge in [-0.25, -0.2) is 4.79 Å². The number of ether oxygens (including phenoxy) is 2. The summed E-state index contributed by atoms with van der Waals surface area (Å²) in [5.41, 5.74) is -0.169. The normalized spacial score (nSPS) is 17.6. The quantitative estimate of drug-likeness (QED) is 0.777. The van der Waals surface area contributed by atoms with Gasteiger partial charge in [0.25, 0.3) is 0 Å². The fraction of sp³-hybridized carbons (Fsp3) is 0.929. The first kappa shape index (κ1) is 16.2. The van der Waals surface area contributed by atoms with Crippen LogP contribution in [0.1, 0.15) is 33.6 Å². The Morgan fingerprint density at radius 3 is 2.42 bits per heavy atom. The lowest BCUT2D eigenvalue weighted by Crippen LogP contribution is -2.51. The van der Waals surface area contributed by atoms with Crippen LogP contribution in [0.2, 0.25) is 0 Å². The SMILES string of the molecule is COCCOCC1CCN(C(=O)NC(C)(C)C)CC1. The molecule has 0 aromatic carbocycles. The Kier molecular flexibility index (Phi) is 6.58. The topological polar surface area (TPSA) is 50.8 Å². The molecular weight excluding hydrogens is 244 g/mol. The minimum Gasteiger partial charge on any atom is -0.382 e. The van der Waals surface area contributed by atoms with E-state index in [0.717, 1.165) is 32.5 Å². The Hall–Kier alpha value is -0.810. The Bertz CT molecular complexity index is 268. The first-order chi connectivity index (χ1) is 8.92. The van der Waals surface area contributed by atoms with Gasteiger partial charge in [0.15, 0.2) is 0 Å². The Balaban J connectivity index is 2.19. The zero-order valence-electron chi connectivity index (χ0n) is 12.7. The highest BCUT2D eigenvalue weighted by Crippen LogP contribution is 2.18. The maximum absolute atomic E-state index is 12.0. The molecule has 0 saturated carbocycles. The van der Waals surface area contributed by atoms with Crippen molar-refractivity contribution in [2.24, 2.45) is 5.92 Å². The molecule has 0 aliphatic carbocycles. The predicted octanol–water partition coefficient (Wildman–Crippen LogP) is 1.87. The average molecular weight is 272 g/mol. The van der Waals surface area contributed by atoms with E-state index in [2.05, 4.69) is 5.32 Å². The Labute approximate surface area is 116 Å². The average Bonchev–Trinajstić information content (AvgIpc) is 2.33. The van der Waals surface area contributed by atoms with Crippen molar-refractivity contribution in [3.05, 3.63) is 0 Å². The number of piperidine rings is 1. The molecule has 0 spiro atoms. The minimum absolute atomic E-state index is 0.0475. The van der Waals surface area contributed by atoms with Crippen LogP contribution < -0.4 is 5.32 Å². The summed E-state index contributed by atoms with van der Waals surface area (Å²) in [4.78, 5) is 13.9. The van der Waals surface area contributed by atoms with Crippen molar-refractivity contribution in [3.63, 3.8) is 0 Å². The number of amides is 2. The molecule has 2 amide bonds. The molecule has 1 rings (SSSR count). The molecule has 0 aromatic rings. The monoisotopic (exact) mass is 272 g/mol. The molecule has 0 aromatic heterocycles. The van der Waals surface area contributed by atoms with Crippen LogP contribution in [0.4, 0.5) is 4.79 Å². The molecule has 0 radical (unpaired) electrons. The van der Waals surface area contributed by atoms with Gasteiger partial charge >= 0.3 is 6.03 Å². The number of nitrogens with one attached hydrogen (secondary N) is 1. The summed E-state index contributed by atoms with van der Waals surface area (Å²) in [6.45, 7) is 9.72. The number of hydrogen-bond acceptors (Lipinski definition) is 3. The standard InChI is InChI=1S/C14H28N2O3/c1-14(2,3)15-13(17)16-7-5-12(6-8-16)11-19-10-9-18-4/h12H,5-11H2,1-4H3,(H,15,17). The lowest BCUT2D eigenvalue weighted by Gasteiger charge is -2.34. The van der Waals surface area contributed by atoms with E-state index in [1.807, 2.05) is 25.7 Å². The molecule has 19 heavy (non-hydrogen) atoms. The number of nitrogens with zero attached hydrogens (tertiary/aromatic N) is 1. The van der Waals surface area contributed by atoms with E-state index >= 15 is 0 Å². The third-order valence-electron chi connectivity index (χ3n) is 3.17. The summed E-state index contributed by atoms with van der Waals surface area (Å²) < 4.78 is 10.5. The zero-order chi connectivity index (χ0) is 14.3. The van der Waals surface area contributed by atoms with E-state index < -0.39 is 0 Å². The van der Waals surface area contributed by atoms with Crippen LogP contribution in [0.25, 0.3) is 0 Å². The summed E-state index contributed by atoms with van der Waals surface area (Å²) in [6.07, 6.45) is 2.04. The Morgan fingerprint density at radius 1 is 1.26 bits per heavy atom. The van der Waals surface area contributed by atoms with Crippen LogP contribution >= 0.6 is 0 Å². The van der Waals surface area contributed by atoms with Crippen LogP contribution in [0.3, 0.4) is 0 Å². The summed E-state index contributed by atoms with van der Waals surface area (Å²) in [6, 6.07) is 0.0475. The van der Waals surface area contributed by atoms with Gasteiger partial charge in [-0.3, -0.25) is 0 Å². The summed E-state index contributed by atoms with van der Waals surface area (Å²) >= 11 is 0. The van der Waals surface area contributed by atoms with Crippen LogP contribution in [-0.4, -0.2) is 56.5 Å². The van der Waals surface area contributed by atoms with Gasteiger partial charge in [0.05, 0.1) is 13.2 Å². The highest BCUT2D eigenvalue weighted by molar-refractivity contribution is 5.75. The second kappa shape index (κ2) is 7.70. The van der Waals surface area contributed by atoms with E-state index in [1.54, 1.807) is 7.11 Å². The van der Waals surface area contributed by atoms with E-state index in [1.165, 1.54) is 0 Å². The van der Waals surface area contributed by atoms with Crippen molar-refractivity contribution in [1.29, 1.82) is 0 Å². The van der Waals surface area contributed by atoms with Crippen LogP contribution in [0.15, 0.2) is 0 Å². The maximum atomic E-state index is 12.0. The van der Waals surface area contributed by atoms with E-state index in [-0.39, 0.29) is 11.6 Å². The van der Waals surface area contributed by atoms with Gasteiger partial charge in [-0.1, -0.05) is 0 Å². The lowest BCUT2D eigenvalue weighted by atomic mass is 9.98. The molecule has 1 N–H and O–H groups in total. The predicted molar refractivity (Wildman–Crippen MR) is 75.3 cm³/mol. The van der Waals surface area contributed by atoms with E-state index in [0.29, 0.717) is 19.1 Å². The van der Waals surface area contributed by atoms with Crippen molar-refractivity contribution in [2.45, 2.75) is 39.2 Å². The number of rotatable bonds is 5. The molecule has 0 bridgehead atoms. The molecule has 1 heterocycles. The number of hydrogen-bond donors (Lipinski definition) is 1. The molecular formula is C14H28N2O3. The molecule has 1 saturated heterocycles. The summed E-state index contributed by atoms with van der Waals surface area (Å²) in [7, 11) is 1.68. The third-order valence-corrected chi connectivity index (χ3v) is 3.17. The number of likely N-dealkylation sites (tertiary alicyclic amines) is 1. The number of carbonyl (C=O) groups is 1. The zero-order valence-corrected chi connectivity index (χ0v) is 12.7. The van der Waals surface area contributed by atoms with Crippen molar-refractivity contribution in [1.82, 2.24) is 10.2 Å². The molecule has 1 aliphatic heterocycles. The van der Waals surface area contributed by atoms with Crippen molar-refractivity contribution in [3.8, 4) is 0 Å². The van der Waals surface area contributed by atoms with E-state index in [4.69, 9.17) is 9.47 Å². The van der Waals surface area contributed by atoms with Gasteiger partial charge in [0, 0.05) is 32.3 Å². The van der Waals surface area contributed by atoms with Crippen molar-refractivity contribution in [2.75, 3.05) is 40.0 Å². The second-order valence-corrected chi connectivity index (χ2v) is 6.18. The fourth-order valence-electron chi connectivity index (χ4n) is 2.09. The summed E-state index contributed by atoms with van der Waals surface area (Å²) in [5, 5.41) is 3.00. The van der Waals surface area contributed by atoms with Crippen LogP contribution in [-0.2, 0) is 9.47 Å². The smallest absolute Gasteiger partial charge is 0.317 e. The molecule has 5 heteroatoms. The molecule has 5 nitrogen and oxygen atoms in total.